The summed E-state index contributed by atoms with van der Waals surface area (Å²) in [5, 5.41) is 3.34. The van der Waals surface area contributed by atoms with E-state index >= 15 is 0 Å². The first-order valence-electron chi connectivity index (χ1n) is 6.19. The smallest absolute Gasteiger partial charge is 0.253 e. The Morgan fingerprint density at radius 2 is 2.00 bits per heavy atom. The fourth-order valence-corrected chi connectivity index (χ4v) is 2.75. The molecule has 0 aliphatic rings. The number of anilines is 1. The highest BCUT2D eigenvalue weighted by Crippen LogP contribution is 2.29. The molecule has 110 valence electrons. The molecule has 21 heavy (non-hydrogen) atoms. The van der Waals surface area contributed by atoms with Crippen LogP contribution in [0.25, 0.3) is 0 Å². The molecule has 6 heteroatoms. The van der Waals surface area contributed by atoms with Crippen LogP contribution >= 0.6 is 39.1 Å². The first-order valence-corrected chi connectivity index (χ1v) is 7.74. The molecule has 1 unspecified atom stereocenters. The van der Waals surface area contributed by atoms with Crippen molar-refractivity contribution in [3.05, 3.63) is 62.0 Å². The lowest BCUT2D eigenvalue weighted by Crippen LogP contribution is -2.27. The van der Waals surface area contributed by atoms with Gasteiger partial charge in [-0.2, -0.15) is 0 Å². The third kappa shape index (κ3) is 3.90. The van der Waals surface area contributed by atoms with Gasteiger partial charge in [-0.25, -0.2) is 0 Å². The van der Waals surface area contributed by atoms with Gasteiger partial charge < -0.3 is 11.1 Å². The third-order valence-electron chi connectivity index (χ3n) is 2.99. The maximum absolute atomic E-state index is 12.3. The second kappa shape index (κ2) is 6.69. The van der Waals surface area contributed by atoms with Gasteiger partial charge in [-0.3, -0.25) is 4.79 Å². The third-order valence-corrected chi connectivity index (χ3v) is 4.29. The molecule has 2 aromatic rings. The van der Waals surface area contributed by atoms with Crippen molar-refractivity contribution in [2.45, 2.75) is 13.0 Å². The Hall–Kier alpha value is -1.23. The quantitative estimate of drug-likeness (QED) is 0.741. The van der Waals surface area contributed by atoms with E-state index in [0.29, 0.717) is 5.69 Å². The van der Waals surface area contributed by atoms with Crippen LogP contribution in [0, 0.1) is 0 Å². The number of nitrogens with two attached hydrogens (primary N) is 1. The second-order valence-corrected chi connectivity index (χ2v) is 6.32. The Morgan fingerprint density at radius 1 is 1.29 bits per heavy atom. The fraction of sp³-hybridized carbons (Fsp3) is 0.133. The van der Waals surface area contributed by atoms with E-state index in [0.717, 1.165) is 10.0 Å². The van der Waals surface area contributed by atoms with Crippen LogP contribution in [0.4, 0.5) is 5.69 Å². The first kappa shape index (κ1) is 16.1. The van der Waals surface area contributed by atoms with Crippen molar-refractivity contribution in [2.75, 3.05) is 5.73 Å². The average molecular weight is 388 g/mol. The molecule has 3 nitrogen and oxygen atoms in total. The minimum absolute atomic E-state index is 0.175. The lowest BCUT2D eigenvalue weighted by atomic mass is 10.1. The maximum Gasteiger partial charge on any atom is 0.253 e. The van der Waals surface area contributed by atoms with Gasteiger partial charge in [0.1, 0.15) is 0 Å². The van der Waals surface area contributed by atoms with Gasteiger partial charge in [0, 0.05) is 10.2 Å². The Balaban J connectivity index is 2.22. The summed E-state index contributed by atoms with van der Waals surface area (Å²) in [5.41, 5.74) is 7.33. The number of amides is 1. The molecule has 0 aromatic heterocycles. The number of halogens is 3. The highest BCUT2D eigenvalue weighted by Gasteiger charge is 2.17. The summed E-state index contributed by atoms with van der Waals surface area (Å²) in [7, 11) is 0. The molecule has 0 bridgehead atoms. The summed E-state index contributed by atoms with van der Waals surface area (Å²) < 4.78 is 0.950. The van der Waals surface area contributed by atoms with E-state index in [1.54, 1.807) is 0 Å². The standard InChI is InChI=1S/C15H13BrCl2N2O/c1-8(9-3-2-4-10(16)5-9)20-15(21)12-6-11(19)7-13(17)14(12)18/h2-8H,19H2,1H3,(H,20,21). The summed E-state index contributed by atoms with van der Waals surface area (Å²) in [5.74, 6) is -0.318. The predicted molar refractivity (Wildman–Crippen MR) is 90.9 cm³/mol. The minimum atomic E-state index is -0.318. The number of rotatable bonds is 3. The van der Waals surface area contributed by atoms with E-state index in [1.807, 2.05) is 31.2 Å². The molecule has 1 atom stereocenters. The van der Waals surface area contributed by atoms with Crippen molar-refractivity contribution < 1.29 is 4.79 Å². The summed E-state index contributed by atoms with van der Waals surface area (Å²) in [6.45, 7) is 1.89. The Bertz CT molecular complexity index is 691. The van der Waals surface area contributed by atoms with E-state index in [1.165, 1.54) is 12.1 Å². The molecule has 2 rings (SSSR count). The molecular formula is C15H13BrCl2N2O. The summed E-state index contributed by atoms with van der Waals surface area (Å²) >= 11 is 15.4. The zero-order valence-corrected chi connectivity index (χ0v) is 14.3. The first-order chi connectivity index (χ1) is 9.88. The van der Waals surface area contributed by atoms with Gasteiger partial charge in [-0.05, 0) is 36.8 Å². The zero-order valence-electron chi connectivity index (χ0n) is 11.2. The molecule has 0 fully saturated rings. The SMILES string of the molecule is CC(NC(=O)c1cc(N)cc(Cl)c1Cl)c1cccc(Br)c1. The van der Waals surface area contributed by atoms with E-state index in [4.69, 9.17) is 28.9 Å². The molecule has 0 spiro atoms. The van der Waals surface area contributed by atoms with Crippen LogP contribution < -0.4 is 11.1 Å². The van der Waals surface area contributed by atoms with E-state index in [9.17, 15) is 4.79 Å². The molecule has 0 saturated carbocycles. The summed E-state index contributed by atoms with van der Waals surface area (Å²) in [6, 6.07) is 10.6. The van der Waals surface area contributed by atoms with Crippen LogP contribution in [-0.2, 0) is 0 Å². The lowest BCUT2D eigenvalue weighted by Gasteiger charge is -2.16. The lowest BCUT2D eigenvalue weighted by molar-refractivity contribution is 0.0940. The van der Waals surface area contributed by atoms with E-state index in [-0.39, 0.29) is 27.6 Å². The monoisotopic (exact) mass is 386 g/mol. The van der Waals surface area contributed by atoms with Gasteiger partial charge in [0.2, 0.25) is 0 Å². The van der Waals surface area contributed by atoms with Gasteiger partial charge in [-0.1, -0.05) is 51.3 Å². The molecule has 0 aliphatic heterocycles. The summed E-state index contributed by atoms with van der Waals surface area (Å²) in [4.78, 5) is 12.3. The molecule has 0 radical (unpaired) electrons. The van der Waals surface area contributed by atoms with Gasteiger partial charge in [0.25, 0.3) is 5.91 Å². The number of nitrogens with one attached hydrogen (secondary N) is 1. The number of carbonyl (C=O) groups is 1. The number of hydrogen-bond acceptors (Lipinski definition) is 2. The topological polar surface area (TPSA) is 55.1 Å². The molecule has 0 heterocycles. The van der Waals surface area contributed by atoms with Gasteiger partial charge >= 0.3 is 0 Å². The van der Waals surface area contributed by atoms with E-state index in [2.05, 4.69) is 21.2 Å². The number of nitrogen functional groups attached to an aromatic ring is 1. The van der Waals surface area contributed by atoms with Crippen molar-refractivity contribution in [3.63, 3.8) is 0 Å². The average Bonchev–Trinajstić information content (AvgIpc) is 2.42. The molecule has 3 N–H and O–H groups in total. The van der Waals surface area contributed by atoms with Gasteiger partial charge in [0.05, 0.1) is 21.7 Å². The predicted octanol–water partition coefficient (Wildman–Crippen LogP) is 4.83. The van der Waals surface area contributed by atoms with Crippen LogP contribution in [0.15, 0.2) is 40.9 Å². The number of carbonyl (C=O) groups excluding carboxylic acids is 1. The largest absolute Gasteiger partial charge is 0.399 e. The van der Waals surface area contributed by atoms with Crippen LogP contribution in [0.3, 0.4) is 0 Å². The van der Waals surface area contributed by atoms with Crippen molar-refractivity contribution in [3.8, 4) is 0 Å². The number of hydrogen-bond donors (Lipinski definition) is 2. The van der Waals surface area contributed by atoms with Gasteiger partial charge in [-0.15, -0.1) is 0 Å². The number of benzene rings is 2. The summed E-state index contributed by atoms with van der Waals surface area (Å²) in [6.07, 6.45) is 0. The van der Waals surface area contributed by atoms with Crippen LogP contribution in [0.2, 0.25) is 10.0 Å². The highest BCUT2D eigenvalue weighted by molar-refractivity contribution is 9.10. The molecule has 0 saturated heterocycles. The van der Waals surface area contributed by atoms with Crippen LogP contribution in [-0.4, -0.2) is 5.91 Å². The molecule has 2 aromatic carbocycles. The normalized spacial score (nSPS) is 12.0. The van der Waals surface area contributed by atoms with Crippen LogP contribution in [0.1, 0.15) is 28.9 Å². The fourth-order valence-electron chi connectivity index (χ4n) is 1.91. The van der Waals surface area contributed by atoms with Crippen molar-refractivity contribution in [1.82, 2.24) is 5.32 Å². The Kier molecular flexibility index (Phi) is 5.14. The zero-order chi connectivity index (χ0) is 15.6. The maximum atomic E-state index is 12.3. The minimum Gasteiger partial charge on any atom is -0.399 e. The van der Waals surface area contributed by atoms with Crippen LogP contribution in [0.5, 0.6) is 0 Å². The second-order valence-electron chi connectivity index (χ2n) is 4.61. The Labute approximate surface area is 141 Å². The van der Waals surface area contributed by atoms with Crippen molar-refractivity contribution >= 4 is 50.7 Å². The van der Waals surface area contributed by atoms with Crippen molar-refractivity contribution in [2.24, 2.45) is 0 Å². The molecule has 1 amide bonds. The van der Waals surface area contributed by atoms with Crippen molar-refractivity contribution in [1.29, 1.82) is 0 Å². The highest BCUT2D eigenvalue weighted by atomic mass is 79.9. The Morgan fingerprint density at radius 3 is 2.67 bits per heavy atom. The molecular weight excluding hydrogens is 375 g/mol. The molecule has 0 aliphatic carbocycles. The van der Waals surface area contributed by atoms with Gasteiger partial charge in [0.15, 0.2) is 0 Å². The van der Waals surface area contributed by atoms with E-state index < -0.39 is 0 Å².